The SMILES string of the molecule is CC(=O)OC1(N=NC(C)(C)C)C(C)(C)C(=O)C1(C)C. The highest BCUT2D eigenvalue weighted by molar-refractivity contribution is 5.99. The maximum Gasteiger partial charge on any atom is 0.304 e. The van der Waals surface area contributed by atoms with Gasteiger partial charge in [0.2, 0.25) is 5.72 Å². The highest BCUT2D eigenvalue weighted by Crippen LogP contribution is 2.61. The number of ketones is 1. The van der Waals surface area contributed by atoms with E-state index in [1.54, 1.807) is 27.7 Å². The summed E-state index contributed by atoms with van der Waals surface area (Å²) in [7, 11) is 0. The summed E-state index contributed by atoms with van der Waals surface area (Å²) in [5.74, 6) is -0.435. The van der Waals surface area contributed by atoms with E-state index in [1.165, 1.54) is 6.92 Å². The number of azo groups is 1. The molecule has 1 aliphatic rings. The van der Waals surface area contributed by atoms with Crippen molar-refractivity contribution >= 4 is 11.8 Å². The quantitative estimate of drug-likeness (QED) is 0.570. The lowest BCUT2D eigenvalue weighted by Gasteiger charge is -2.59. The minimum atomic E-state index is -1.23. The Bertz CT molecular complexity index is 424. The van der Waals surface area contributed by atoms with Crippen molar-refractivity contribution in [2.45, 2.75) is 66.7 Å². The maximum absolute atomic E-state index is 12.2. The number of nitrogens with zero attached hydrogens (tertiary/aromatic N) is 2. The molecule has 1 saturated carbocycles. The molecule has 5 nitrogen and oxygen atoms in total. The van der Waals surface area contributed by atoms with Gasteiger partial charge in [0, 0.05) is 6.92 Å². The molecule has 108 valence electrons. The number of hydrogen-bond acceptors (Lipinski definition) is 5. The van der Waals surface area contributed by atoms with Crippen molar-refractivity contribution in [2.24, 2.45) is 21.1 Å². The zero-order valence-electron chi connectivity index (χ0n) is 13.1. The Morgan fingerprint density at radius 1 is 1.11 bits per heavy atom. The predicted octanol–water partition coefficient (Wildman–Crippen LogP) is 3.13. The number of Topliss-reactive ketones (excluding diaryl/α,β-unsaturated/α-hetero) is 1. The van der Waals surface area contributed by atoms with Crippen LogP contribution in [0.15, 0.2) is 10.2 Å². The second-order valence-corrected chi connectivity index (χ2v) is 7.19. The summed E-state index contributed by atoms with van der Waals surface area (Å²) < 4.78 is 5.45. The largest absolute Gasteiger partial charge is 0.433 e. The van der Waals surface area contributed by atoms with Crippen molar-refractivity contribution < 1.29 is 14.3 Å². The molecule has 0 aromatic carbocycles. The molecule has 0 aliphatic heterocycles. The predicted molar refractivity (Wildman–Crippen MR) is 71.7 cm³/mol. The number of esters is 1. The van der Waals surface area contributed by atoms with E-state index in [1.807, 2.05) is 20.8 Å². The van der Waals surface area contributed by atoms with Gasteiger partial charge in [0.05, 0.1) is 16.4 Å². The third-order valence-corrected chi connectivity index (χ3v) is 3.61. The van der Waals surface area contributed by atoms with Gasteiger partial charge in [0.15, 0.2) is 5.78 Å². The van der Waals surface area contributed by atoms with Crippen LogP contribution in [0, 0.1) is 10.8 Å². The van der Waals surface area contributed by atoms with E-state index in [4.69, 9.17) is 4.74 Å². The van der Waals surface area contributed by atoms with Gasteiger partial charge < -0.3 is 4.74 Å². The van der Waals surface area contributed by atoms with Crippen molar-refractivity contribution in [1.29, 1.82) is 0 Å². The average molecular weight is 268 g/mol. The molecular formula is C14H24N2O3. The molecule has 0 saturated heterocycles. The molecule has 1 aliphatic carbocycles. The van der Waals surface area contributed by atoms with Gasteiger partial charge in [-0.3, -0.25) is 9.59 Å². The van der Waals surface area contributed by atoms with E-state index in [9.17, 15) is 9.59 Å². The van der Waals surface area contributed by atoms with E-state index in [0.717, 1.165) is 0 Å². The maximum atomic E-state index is 12.2. The molecule has 0 atom stereocenters. The highest BCUT2D eigenvalue weighted by atomic mass is 16.6. The summed E-state index contributed by atoms with van der Waals surface area (Å²) in [6, 6.07) is 0. The first kappa shape index (κ1) is 15.8. The normalized spacial score (nSPS) is 24.1. The number of hydrogen-bond donors (Lipinski definition) is 0. The molecule has 0 spiro atoms. The molecule has 0 N–H and O–H groups in total. The monoisotopic (exact) mass is 268 g/mol. The number of rotatable bonds is 2. The summed E-state index contributed by atoms with van der Waals surface area (Å²) in [6.45, 7) is 14.0. The van der Waals surface area contributed by atoms with Gasteiger partial charge in [-0.2, -0.15) is 5.11 Å². The second kappa shape index (κ2) is 4.12. The molecule has 1 rings (SSSR count). The Balaban J connectivity index is 3.33. The van der Waals surface area contributed by atoms with Crippen LogP contribution in [0.4, 0.5) is 0 Å². The van der Waals surface area contributed by atoms with Gasteiger partial charge in [-0.25, -0.2) is 0 Å². The molecule has 19 heavy (non-hydrogen) atoms. The van der Waals surface area contributed by atoms with Crippen molar-refractivity contribution in [3.63, 3.8) is 0 Å². The van der Waals surface area contributed by atoms with E-state index in [2.05, 4.69) is 10.2 Å². The summed E-state index contributed by atoms with van der Waals surface area (Å²) in [4.78, 5) is 23.7. The van der Waals surface area contributed by atoms with Crippen LogP contribution < -0.4 is 0 Å². The molecule has 0 aromatic rings. The molecule has 0 unspecified atom stereocenters. The van der Waals surface area contributed by atoms with Gasteiger partial charge in [-0.1, -0.05) is 0 Å². The van der Waals surface area contributed by atoms with Gasteiger partial charge in [0.1, 0.15) is 0 Å². The third kappa shape index (κ3) is 2.19. The lowest BCUT2D eigenvalue weighted by Crippen LogP contribution is -2.74. The molecule has 0 amide bonds. The first-order valence-corrected chi connectivity index (χ1v) is 6.46. The third-order valence-electron chi connectivity index (χ3n) is 3.61. The molecule has 0 aromatic heterocycles. The topological polar surface area (TPSA) is 68.1 Å². The molecule has 1 fully saturated rings. The first-order valence-electron chi connectivity index (χ1n) is 6.46. The van der Waals surface area contributed by atoms with Crippen molar-refractivity contribution in [3.8, 4) is 0 Å². The zero-order valence-corrected chi connectivity index (χ0v) is 13.1. The Kier molecular flexibility index (Phi) is 3.42. The van der Waals surface area contributed by atoms with Crippen molar-refractivity contribution in [3.05, 3.63) is 0 Å². The molecular weight excluding hydrogens is 244 g/mol. The molecule has 0 radical (unpaired) electrons. The van der Waals surface area contributed by atoms with Crippen LogP contribution in [0.1, 0.15) is 55.4 Å². The molecule has 0 heterocycles. The number of carbonyl (C=O) groups is 2. The van der Waals surface area contributed by atoms with Crippen LogP contribution in [0.5, 0.6) is 0 Å². The Morgan fingerprint density at radius 2 is 1.53 bits per heavy atom. The first-order chi connectivity index (χ1) is 8.28. The fraction of sp³-hybridized carbons (Fsp3) is 0.857. The minimum absolute atomic E-state index is 0.0223. The Labute approximate surface area is 114 Å². The van der Waals surface area contributed by atoms with Gasteiger partial charge >= 0.3 is 5.97 Å². The smallest absolute Gasteiger partial charge is 0.304 e. The van der Waals surface area contributed by atoms with E-state index in [-0.39, 0.29) is 5.78 Å². The molecule has 5 heteroatoms. The van der Waals surface area contributed by atoms with Crippen LogP contribution in [0.2, 0.25) is 0 Å². The fourth-order valence-corrected chi connectivity index (χ4v) is 2.76. The van der Waals surface area contributed by atoms with Gasteiger partial charge in [0.25, 0.3) is 0 Å². The van der Waals surface area contributed by atoms with E-state index >= 15 is 0 Å². The minimum Gasteiger partial charge on any atom is -0.433 e. The average Bonchev–Trinajstić information content (AvgIpc) is 2.20. The van der Waals surface area contributed by atoms with Crippen molar-refractivity contribution in [1.82, 2.24) is 0 Å². The zero-order chi connectivity index (χ0) is 15.3. The summed E-state index contributed by atoms with van der Waals surface area (Å²) in [6.07, 6.45) is 0. The summed E-state index contributed by atoms with van der Waals surface area (Å²) in [5.41, 5.74) is -3.35. The number of carbonyl (C=O) groups excluding carboxylic acids is 2. The second-order valence-electron chi connectivity index (χ2n) is 7.19. The van der Waals surface area contributed by atoms with Crippen LogP contribution in [0.3, 0.4) is 0 Å². The Morgan fingerprint density at radius 3 is 1.84 bits per heavy atom. The Hall–Kier alpha value is -1.26. The standard InChI is InChI=1S/C14H24N2O3/c1-9(17)19-14(16-15-11(2,3)4)12(5,6)10(18)13(14,7)8/h1-8H3. The van der Waals surface area contributed by atoms with Gasteiger partial charge in [-0.05, 0) is 48.5 Å². The molecule has 0 bridgehead atoms. The van der Waals surface area contributed by atoms with Gasteiger partial charge in [-0.15, -0.1) is 5.11 Å². The van der Waals surface area contributed by atoms with Crippen LogP contribution >= 0.6 is 0 Å². The fourth-order valence-electron chi connectivity index (χ4n) is 2.76. The van der Waals surface area contributed by atoms with Crippen LogP contribution in [0.25, 0.3) is 0 Å². The summed E-state index contributed by atoms with van der Waals surface area (Å²) in [5, 5.41) is 8.51. The van der Waals surface area contributed by atoms with Crippen molar-refractivity contribution in [2.75, 3.05) is 0 Å². The number of ether oxygens (including phenoxy) is 1. The van der Waals surface area contributed by atoms with Crippen LogP contribution in [-0.4, -0.2) is 23.0 Å². The van der Waals surface area contributed by atoms with E-state index in [0.29, 0.717) is 0 Å². The summed E-state index contributed by atoms with van der Waals surface area (Å²) >= 11 is 0. The van der Waals surface area contributed by atoms with Crippen LogP contribution in [-0.2, 0) is 14.3 Å². The highest BCUT2D eigenvalue weighted by Gasteiger charge is 2.76. The lowest BCUT2D eigenvalue weighted by molar-refractivity contribution is -0.238. The lowest BCUT2D eigenvalue weighted by atomic mass is 9.48. The van der Waals surface area contributed by atoms with E-state index < -0.39 is 28.1 Å².